The fourth-order valence-electron chi connectivity index (χ4n) is 1.73. The van der Waals surface area contributed by atoms with Gasteiger partial charge in [0.2, 0.25) is 0 Å². The van der Waals surface area contributed by atoms with Crippen molar-refractivity contribution in [1.82, 2.24) is 4.31 Å². The average Bonchev–Trinajstić information content (AvgIpc) is 2.87. The van der Waals surface area contributed by atoms with Crippen molar-refractivity contribution in [3.8, 4) is 0 Å². The summed E-state index contributed by atoms with van der Waals surface area (Å²) in [7, 11) is -3.45. The maximum atomic E-state index is 12.6. The van der Waals surface area contributed by atoms with Gasteiger partial charge < -0.3 is 0 Å². The molecule has 0 aliphatic heterocycles. The summed E-state index contributed by atoms with van der Waals surface area (Å²) in [5.74, 6) is 0. The quantitative estimate of drug-likeness (QED) is 0.636. The number of nitrogens with zero attached hydrogens (tertiary/aromatic N) is 1. The lowest BCUT2D eigenvalue weighted by Crippen LogP contribution is -2.31. The fourth-order valence-corrected chi connectivity index (χ4v) is 5.99. The zero-order valence-corrected chi connectivity index (χ0v) is 15.3. The number of hydrogen-bond acceptors (Lipinski definition) is 3. The van der Waals surface area contributed by atoms with Crippen LogP contribution in [0.3, 0.4) is 0 Å². The van der Waals surface area contributed by atoms with E-state index in [9.17, 15) is 8.42 Å². The van der Waals surface area contributed by atoms with Gasteiger partial charge >= 0.3 is 0 Å². The Morgan fingerprint density at radius 1 is 1.10 bits per heavy atom. The van der Waals surface area contributed by atoms with Gasteiger partial charge in [-0.05, 0) is 33.6 Å². The lowest BCUT2D eigenvalue weighted by atomic mass is 10.2. The number of thiophene rings is 1. The SMILES string of the molecule is O=S(=O)(c1ccc(Br)s1)N(CCBr)Cc1ccccc1. The first-order valence-electron chi connectivity index (χ1n) is 5.89. The third-order valence-corrected chi connectivity index (χ3v) is 6.97. The molecule has 0 aliphatic rings. The van der Waals surface area contributed by atoms with Crippen molar-refractivity contribution in [3.63, 3.8) is 0 Å². The van der Waals surface area contributed by atoms with E-state index in [0.717, 1.165) is 9.35 Å². The van der Waals surface area contributed by atoms with Crippen LogP contribution in [0.1, 0.15) is 5.56 Å². The molecule has 2 aromatic rings. The van der Waals surface area contributed by atoms with E-state index < -0.39 is 10.0 Å². The number of alkyl halides is 1. The minimum Gasteiger partial charge on any atom is -0.206 e. The Hall–Kier alpha value is -0.210. The first-order chi connectivity index (χ1) is 9.54. The van der Waals surface area contributed by atoms with E-state index in [0.29, 0.717) is 22.6 Å². The molecule has 0 saturated carbocycles. The van der Waals surface area contributed by atoms with Crippen molar-refractivity contribution >= 4 is 53.2 Å². The van der Waals surface area contributed by atoms with Gasteiger partial charge in [0.1, 0.15) is 4.21 Å². The van der Waals surface area contributed by atoms with Gasteiger partial charge in [0.25, 0.3) is 10.0 Å². The third-order valence-electron chi connectivity index (χ3n) is 2.68. The van der Waals surface area contributed by atoms with Crippen LogP contribution in [-0.2, 0) is 16.6 Å². The van der Waals surface area contributed by atoms with E-state index in [4.69, 9.17) is 0 Å². The highest BCUT2D eigenvalue weighted by atomic mass is 79.9. The first-order valence-corrected chi connectivity index (χ1v) is 10.1. The highest BCUT2D eigenvalue weighted by Gasteiger charge is 2.25. The minimum absolute atomic E-state index is 0.362. The summed E-state index contributed by atoms with van der Waals surface area (Å²) in [5.41, 5.74) is 0.979. The smallest absolute Gasteiger partial charge is 0.206 e. The second-order valence-electron chi connectivity index (χ2n) is 4.07. The molecule has 0 unspecified atom stereocenters. The maximum absolute atomic E-state index is 12.6. The van der Waals surface area contributed by atoms with E-state index >= 15 is 0 Å². The molecule has 3 nitrogen and oxygen atoms in total. The Balaban J connectivity index is 2.28. The van der Waals surface area contributed by atoms with Gasteiger partial charge in [-0.15, -0.1) is 11.3 Å². The molecule has 0 spiro atoms. The van der Waals surface area contributed by atoms with Crippen LogP contribution < -0.4 is 0 Å². The molecule has 0 atom stereocenters. The second-order valence-corrected chi connectivity index (χ2v) is 9.49. The molecule has 0 aliphatic carbocycles. The van der Waals surface area contributed by atoms with Crippen molar-refractivity contribution in [3.05, 3.63) is 51.8 Å². The topological polar surface area (TPSA) is 37.4 Å². The standard InChI is InChI=1S/C13H13Br2NO2S2/c14-8-9-16(10-11-4-2-1-3-5-11)20(17,18)13-7-6-12(15)19-13/h1-7H,8-10H2. The summed E-state index contributed by atoms with van der Waals surface area (Å²) in [4.78, 5) is 0. The normalized spacial score (nSPS) is 11.9. The number of benzene rings is 1. The summed E-state index contributed by atoms with van der Waals surface area (Å²) in [6, 6.07) is 13.0. The van der Waals surface area contributed by atoms with Crippen LogP contribution in [0.15, 0.2) is 50.5 Å². The van der Waals surface area contributed by atoms with Crippen LogP contribution in [0.4, 0.5) is 0 Å². The summed E-state index contributed by atoms with van der Waals surface area (Å²) in [5, 5.41) is 0.603. The molecule has 0 amide bonds. The molecule has 0 radical (unpaired) electrons. The van der Waals surface area contributed by atoms with Gasteiger partial charge in [0, 0.05) is 18.4 Å². The Labute approximate surface area is 139 Å². The van der Waals surface area contributed by atoms with Crippen LogP contribution in [0.25, 0.3) is 0 Å². The van der Waals surface area contributed by atoms with Crippen molar-refractivity contribution in [2.24, 2.45) is 0 Å². The summed E-state index contributed by atoms with van der Waals surface area (Å²) in [6.07, 6.45) is 0. The largest absolute Gasteiger partial charge is 0.252 e. The number of hydrogen-bond donors (Lipinski definition) is 0. The van der Waals surface area contributed by atoms with Crippen LogP contribution in [0.5, 0.6) is 0 Å². The zero-order valence-electron chi connectivity index (χ0n) is 10.5. The highest BCUT2D eigenvalue weighted by molar-refractivity contribution is 9.11. The number of halogens is 2. The molecule has 0 bridgehead atoms. The Kier molecular flexibility index (Phi) is 5.80. The molecule has 1 aromatic carbocycles. The van der Waals surface area contributed by atoms with Crippen LogP contribution >= 0.6 is 43.2 Å². The predicted octanol–water partition coefficient (Wildman–Crippen LogP) is 4.10. The minimum atomic E-state index is -3.45. The zero-order chi connectivity index (χ0) is 14.6. The van der Waals surface area contributed by atoms with E-state index in [1.54, 1.807) is 12.1 Å². The van der Waals surface area contributed by atoms with Gasteiger partial charge in [-0.1, -0.05) is 46.3 Å². The van der Waals surface area contributed by atoms with Crippen molar-refractivity contribution < 1.29 is 8.42 Å². The molecule has 7 heteroatoms. The van der Waals surface area contributed by atoms with Crippen molar-refractivity contribution in [2.45, 2.75) is 10.8 Å². The third kappa shape index (κ3) is 3.92. The van der Waals surface area contributed by atoms with E-state index in [1.165, 1.54) is 15.6 Å². The molecular weight excluding hydrogens is 426 g/mol. The molecule has 0 saturated heterocycles. The monoisotopic (exact) mass is 437 g/mol. The molecule has 108 valence electrons. The fraction of sp³-hybridized carbons (Fsp3) is 0.231. The summed E-state index contributed by atoms with van der Waals surface area (Å²) >= 11 is 7.86. The molecule has 20 heavy (non-hydrogen) atoms. The Morgan fingerprint density at radius 2 is 1.80 bits per heavy atom. The van der Waals surface area contributed by atoms with Crippen molar-refractivity contribution in [1.29, 1.82) is 0 Å². The molecular formula is C13H13Br2NO2S2. The maximum Gasteiger partial charge on any atom is 0.252 e. The molecule has 2 rings (SSSR count). The molecule has 1 aromatic heterocycles. The summed E-state index contributed by atoms with van der Waals surface area (Å²) < 4.78 is 27.9. The van der Waals surface area contributed by atoms with E-state index in [-0.39, 0.29) is 0 Å². The summed E-state index contributed by atoms with van der Waals surface area (Å²) in [6.45, 7) is 0.817. The van der Waals surface area contributed by atoms with Gasteiger partial charge in [-0.25, -0.2) is 8.42 Å². The first kappa shape index (κ1) is 16.2. The van der Waals surface area contributed by atoms with E-state index in [1.807, 2.05) is 30.3 Å². The number of rotatable bonds is 6. The number of sulfonamides is 1. The lowest BCUT2D eigenvalue weighted by Gasteiger charge is -2.20. The lowest BCUT2D eigenvalue weighted by molar-refractivity contribution is 0.428. The molecule has 1 heterocycles. The Morgan fingerprint density at radius 3 is 2.35 bits per heavy atom. The van der Waals surface area contributed by atoms with Gasteiger partial charge in [-0.2, -0.15) is 4.31 Å². The van der Waals surface area contributed by atoms with Crippen LogP contribution in [0.2, 0.25) is 0 Å². The predicted molar refractivity (Wildman–Crippen MR) is 89.9 cm³/mol. The van der Waals surface area contributed by atoms with Gasteiger partial charge in [0.15, 0.2) is 0 Å². The highest BCUT2D eigenvalue weighted by Crippen LogP contribution is 2.29. The van der Waals surface area contributed by atoms with Gasteiger partial charge in [0.05, 0.1) is 3.79 Å². The van der Waals surface area contributed by atoms with Crippen LogP contribution in [-0.4, -0.2) is 24.6 Å². The van der Waals surface area contributed by atoms with Crippen molar-refractivity contribution in [2.75, 3.05) is 11.9 Å². The Bertz CT molecular complexity index is 656. The average molecular weight is 439 g/mol. The molecule has 0 N–H and O–H groups in total. The molecule has 0 fully saturated rings. The van der Waals surface area contributed by atoms with Gasteiger partial charge in [-0.3, -0.25) is 0 Å². The second kappa shape index (κ2) is 7.17. The van der Waals surface area contributed by atoms with E-state index in [2.05, 4.69) is 31.9 Å². The van der Waals surface area contributed by atoms with Crippen LogP contribution in [0, 0.1) is 0 Å².